The van der Waals surface area contributed by atoms with Gasteiger partial charge in [0.05, 0.1) is 29.0 Å². The number of aromatic nitrogens is 2. The summed E-state index contributed by atoms with van der Waals surface area (Å²) in [5, 5.41) is 0.163. The second-order valence-electron chi connectivity index (χ2n) is 4.71. The molecular formula is C15H13N2O5P. The predicted molar refractivity (Wildman–Crippen MR) is 84.0 cm³/mol. The molecule has 0 bridgehead atoms. The van der Waals surface area contributed by atoms with Crippen LogP contribution in [0.4, 0.5) is 0 Å². The maximum absolute atomic E-state index is 12.3. The third-order valence-corrected chi connectivity index (χ3v) is 4.55. The lowest BCUT2D eigenvalue weighted by Crippen LogP contribution is -2.08. The van der Waals surface area contributed by atoms with Gasteiger partial charge in [-0.3, -0.25) is 0 Å². The first-order chi connectivity index (χ1) is 11.0. The molecule has 1 atom stereocenters. The smallest absolute Gasteiger partial charge is 0.410 e. The van der Waals surface area contributed by atoms with Crippen LogP contribution in [0.2, 0.25) is 0 Å². The van der Waals surface area contributed by atoms with E-state index in [1.165, 1.54) is 25.3 Å². The zero-order valence-electron chi connectivity index (χ0n) is 12.1. The van der Waals surface area contributed by atoms with Crippen LogP contribution in [-0.4, -0.2) is 27.9 Å². The average molecular weight is 332 g/mol. The predicted octanol–water partition coefficient (Wildman–Crippen LogP) is 2.24. The van der Waals surface area contributed by atoms with Gasteiger partial charge in [-0.15, -0.1) is 0 Å². The van der Waals surface area contributed by atoms with Crippen molar-refractivity contribution in [2.24, 2.45) is 0 Å². The number of fused-ring (bicyclic) bond motifs is 1. The first kappa shape index (κ1) is 15.3. The van der Waals surface area contributed by atoms with Crippen molar-refractivity contribution in [1.29, 1.82) is 0 Å². The summed E-state index contributed by atoms with van der Waals surface area (Å²) >= 11 is 0. The van der Waals surface area contributed by atoms with E-state index in [1.54, 1.807) is 30.3 Å². The summed E-state index contributed by atoms with van der Waals surface area (Å²) in [4.78, 5) is 28.4. The molecule has 1 heterocycles. The van der Waals surface area contributed by atoms with Gasteiger partial charge in [-0.2, -0.15) is 4.98 Å². The van der Waals surface area contributed by atoms with Crippen molar-refractivity contribution in [1.82, 2.24) is 9.97 Å². The lowest BCUT2D eigenvalue weighted by molar-refractivity contribution is 0.0601. The van der Waals surface area contributed by atoms with E-state index >= 15 is 0 Å². The van der Waals surface area contributed by atoms with Gasteiger partial charge in [0, 0.05) is 0 Å². The van der Waals surface area contributed by atoms with Crippen LogP contribution in [0.1, 0.15) is 10.4 Å². The molecule has 0 saturated heterocycles. The van der Waals surface area contributed by atoms with Gasteiger partial charge in [0.1, 0.15) is 0 Å². The Balaban J connectivity index is 1.92. The van der Waals surface area contributed by atoms with E-state index in [1.807, 2.05) is 0 Å². The van der Waals surface area contributed by atoms with Gasteiger partial charge >= 0.3 is 19.6 Å². The lowest BCUT2D eigenvalue weighted by atomic mass is 10.2. The molecule has 0 aliphatic heterocycles. The monoisotopic (exact) mass is 332 g/mol. The second kappa shape index (κ2) is 5.87. The molecule has 0 aliphatic rings. The number of ether oxygens (including phenoxy) is 1. The van der Waals surface area contributed by atoms with Crippen LogP contribution in [0.3, 0.4) is 0 Å². The highest BCUT2D eigenvalue weighted by atomic mass is 31.2. The molecule has 118 valence electrons. The fraction of sp³-hybridized carbons (Fsp3) is 0.0667. The Hall–Kier alpha value is -2.63. The molecule has 0 fully saturated rings. The van der Waals surface area contributed by atoms with Gasteiger partial charge in [0.2, 0.25) is 0 Å². The van der Waals surface area contributed by atoms with Gasteiger partial charge in [-0.25, -0.2) is 9.36 Å². The number of carbonyl (C=O) groups is 1. The number of hydrogen-bond acceptors (Lipinski definition) is 5. The van der Waals surface area contributed by atoms with E-state index in [4.69, 9.17) is 4.52 Å². The number of nitrogens with one attached hydrogen (secondary N) is 1. The summed E-state index contributed by atoms with van der Waals surface area (Å²) < 4.78 is 22.0. The Kier molecular flexibility index (Phi) is 3.90. The lowest BCUT2D eigenvalue weighted by Gasteiger charge is -2.10. The number of aromatic amines is 1. The minimum atomic E-state index is -4.04. The van der Waals surface area contributed by atoms with Crippen LogP contribution in [0.15, 0.2) is 48.5 Å². The highest BCUT2D eigenvalue weighted by Crippen LogP contribution is 2.40. The van der Waals surface area contributed by atoms with Gasteiger partial charge in [0.15, 0.2) is 0 Å². The van der Waals surface area contributed by atoms with E-state index in [2.05, 4.69) is 14.7 Å². The minimum Gasteiger partial charge on any atom is -0.465 e. The number of nitrogens with zero attached hydrogens (tertiary/aromatic N) is 1. The van der Waals surface area contributed by atoms with Crippen molar-refractivity contribution < 1.29 is 23.5 Å². The molecule has 0 amide bonds. The van der Waals surface area contributed by atoms with Crippen molar-refractivity contribution in [3.8, 4) is 6.01 Å². The minimum absolute atomic E-state index is 0.100. The number of H-pyrrole nitrogens is 1. The quantitative estimate of drug-likeness (QED) is 0.561. The SMILES string of the molecule is COC(=O)c1ccc2[nH]c(OP(=O)(O)c3ccccc3)nc2c1. The van der Waals surface area contributed by atoms with Gasteiger partial charge in [0.25, 0.3) is 0 Å². The maximum Gasteiger partial charge on any atom is 0.410 e. The van der Waals surface area contributed by atoms with Crippen LogP contribution in [-0.2, 0) is 9.30 Å². The van der Waals surface area contributed by atoms with E-state index in [-0.39, 0.29) is 11.3 Å². The van der Waals surface area contributed by atoms with E-state index in [0.29, 0.717) is 16.6 Å². The van der Waals surface area contributed by atoms with Crippen molar-refractivity contribution in [2.75, 3.05) is 7.11 Å². The average Bonchev–Trinajstić information content (AvgIpc) is 2.95. The third kappa shape index (κ3) is 3.11. The molecule has 1 aromatic heterocycles. The summed E-state index contributed by atoms with van der Waals surface area (Å²) in [6, 6.07) is 12.6. The van der Waals surface area contributed by atoms with Crippen LogP contribution in [0.5, 0.6) is 6.01 Å². The highest BCUT2D eigenvalue weighted by molar-refractivity contribution is 7.61. The van der Waals surface area contributed by atoms with Crippen molar-refractivity contribution in [3.63, 3.8) is 0 Å². The first-order valence-corrected chi connectivity index (χ1v) is 8.23. The molecular weight excluding hydrogens is 319 g/mol. The van der Waals surface area contributed by atoms with E-state index in [0.717, 1.165) is 0 Å². The van der Waals surface area contributed by atoms with Crippen LogP contribution >= 0.6 is 7.60 Å². The van der Waals surface area contributed by atoms with Gasteiger partial charge < -0.3 is 19.1 Å². The van der Waals surface area contributed by atoms with Crippen LogP contribution in [0.25, 0.3) is 11.0 Å². The summed E-state index contributed by atoms with van der Waals surface area (Å²) in [6.07, 6.45) is 0. The molecule has 0 radical (unpaired) electrons. The summed E-state index contributed by atoms with van der Waals surface area (Å²) in [6.45, 7) is 0. The molecule has 7 nitrogen and oxygen atoms in total. The summed E-state index contributed by atoms with van der Waals surface area (Å²) in [7, 11) is -2.76. The van der Waals surface area contributed by atoms with Crippen molar-refractivity contribution in [3.05, 3.63) is 54.1 Å². The topological polar surface area (TPSA) is 102 Å². The fourth-order valence-electron chi connectivity index (χ4n) is 2.06. The molecule has 3 rings (SSSR count). The Morgan fingerprint density at radius 1 is 1.22 bits per heavy atom. The Labute approximate surface area is 131 Å². The zero-order chi connectivity index (χ0) is 16.4. The molecule has 0 saturated carbocycles. The van der Waals surface area contributed by atoms with E-state index < -0.39 is 13.6 Å². The summed E-state index contributed by atoms with van der Waals surface area (Å²) in [5.41, 5.74) is 1.32. The largest absolute Gasteiger partial charge is 0.465 e. The maximum atomic E-state index is 12.3. The highest BCUT2D eigenvalue weighted by Gasteiger charge is 2.25. The van der Waals surface area contributed by atoms with Crippen LogP contribution < -0.4 is 9.83 Å². The first-order valence-electron chi connectivity index (χ1n) is 6.66. The third-order valence-electron chi connectivity index (χ3n) is 3.18. The zero-order valence-corrected chi connectivity index (χ0v) is 13.0. The number of carbonyl (C=O) groups excluding carboxylic acids is 1. The molecule has 0 aliphatic carbocycles. The molecule has 2 aromatic carbocycles. The normalized spacial score (nSPS) is 13.5. The number of hydrogen-bond donors (Lipinski definition) is 2. The molecule has 1 unspecified atom stereocenters. The van der Waals surface area contributed by atoms with E-state index in [9.17, 15) is 14.3 Å². The Morgan fingerprint density at radius 2 is 1.96 bits per heavy atom. The van der Waals surface area contributed by atoms with Crippen molar-refractivity contribution in [2.45, 2.75) is 0 Å². The number of benzene rings is 2. The van der Waals surface area contributed by atoms with Gasteiger partial charge in [-0.1, -0.05) is 18.2 Å². The number of rotatable bonds is 4. The number of imidazole rings is 1. The fourth-order valence-corrected chi connectivity index (χ4v) is 3.03. The Bertz CT molecular complexity index is 907. The van der Waals surface area contributed by atoms with Crippen LogP contribution in [0, 0.1) is 0 Å². The molecule has 8 heteroatoms. The molecule has 0 spiro atoms. The second-order valence-corrected chi connectivity index (χ2v) is 6.45. The summed E-state index contributed by atoms with van der Waals surface area (Å²) in [5.74, 6) is -0.491. The standard InChI is InChI=1S/C15H13N2O5P/c1-21-14(18)10-7-8-12-13(9-10)17-15(16-12)22-23(19,20)11-5-3-2-4-6-11/h2-9H,1H3,(H,16,17)(H,19,20). The number of methoxy groups -OCH3 is 1. The number of esters is 1. The van der Waals surface area contributed by atoms with Crippen molar-refractivity contribution >= 4 is 29.9 Å². The molecule has 2 N–H and O–H groups in total. The molecule has 3 aromatic rings. The molecule has 23 heavy (non-hydrogen) atoms. The Morgan fingerprint density at radius 3 is 2.65 bits per heavy atom. The van der Waals surface area contributed by atoms with Gasteiger partial charge in [-0.05, 0) is 30.3 Å².